The third-order valence-electron chi connectivity index (χ3n) is 14.0. The maximum absolute atomic E-state index is 10.9. The van der Waals surface area contributed by atoms with E-state index in [9.17, 15) is 17.8 Å². The van der Waals surface area contributed by atoms with Crippen LogP contribution in [-0.4, -0.2) is 22.2 Å². The molecule has 0 radical (unpaired) electrons. The number of para-hydroxylation sites is 4. The average molecular weight is 1270 g/mol. The van der Waals surface area contributed by atoms with Crippen LogP contribution in [0.2, 0.25) is 0 Å². The third kappa shape index (κ3) is 9.56. The molecule has 81 heavy (non-hydrogen) atoms. The number of hydrogen-bond acceptors (Lipinski definition) is 2. The predicted octanol–water partition coefficient (Wildman–Crippen LogP) is 14.9. The molecular formula is C74H60N4OPtSi-2. The first kappa shape index (κ1) is 32.5. The number of benzene rings is 10. The Morgan fingerprint density at radius 2 is 1.15 bits per heavy atom. The van der Waals surface area contributed by atoms with Crippen molar-refractivity contribution in [3.8, 4) is 50.9 Å². The Labute approximate surface area is 523 Å². The number of fused-ring (bicyclic) bond motifs is 4. The van der Waals surface area contributed by atoms with Gasteiger partial charge in [-0.25, -0.2) is 4.98 Å². The molecule has 0 N–H and O–H groups in total. The number of ether oxygens (including phenoxy) is 1. The number of imidazole rings is 1. The second-order valence-electron chi connectivity index (χ2n) is 21.1. The molecule has 7 heteroatoms. The van der Waals surface area contributed by atoms with Gasteiger partial charge in [0.05, 0.1) is 48.2 Å². The summed E-state index contributed by atoms with van der Waals surface area (Å²) in [7, 11) is -6.35. The van der Waals surface area contributed by atoms with E-state index in [0.717, 1.165) is 21.9 Å². The van der Waals surface area contributed by atoms with Gasteiger partial charge in [-0.3, -0.25) is 4.57 Å². The van der Waals surface area contributed by atoms with Crippen LogP contribution in [-0.2, 0) is 31.9 Å². The van der Waals surface area contributed by atoms with Crippen molar-refractivity contribution >= 4 is 61.7 Å². The molecule has 0 fully saturated rings. The Balaban J connectivity index is 0.0000102. The van der Waals surface area contributed by atoms with Gasteiger partial charge in [-0.05, 0) is 94.2 Å². The third-order valence-corrected chi connectivity index (χ3v) is 18.0. The maximum Gasteiger partial charge on any atom is 0.268 e. The molecule has 0 saturated heterocycles. The molecular weight excluding hydrogens is 1180 g/mol. The Kier molecular flexibility index (Phi) is 8.61. The van der Waals surface area contributed by atoms with Gasteiger partial charge >= 0.3 is 0 Å². The van der Waals surface area contributed by atoms with Crippen molar-refractivity contribution in [3.63, 3.8) is 0 Å². The van der Waals surface area contributed by atoms with Crippen LogP contribution in [0.4, 0.5) is 0 Å². The molecule has 13 rings (SSSR count). The molecule has 0 aliphatic heterocycles. The van der Waals surface area contributed by atoms with E-state index in [1.54, 1.807) is 80.1 Å². The zero-order chi connectivity index (χ0) is 74.6. The SMILES string of the molecule is [2H]c1c([2H])c([2H])c([Si](c2c([2H])c([2H])c([2H])c([2H])c2[2H])(c2c([2H])c([2H])c([2H])c([2H])c2[2H])c2c([2H])c([2H])c([2H])c(-c3cccc(-c4c([2H])c([2H])c([2H])c([2H])c4C(C)(C)C)c3-[n+]3[c-]n(-c4[c-]c(Oc5[c-]c6c(cc5)c5ccccc5n6-c5cc(C(C)(C)C)ccn5)ccc4)c4ccccc43)c2[2H])c([2H])c1[2H].[Pt]. The molecule has 0 unspecified atom stereocenters. The van der Waals surface area contributed by atoms with Crippen LogP contribution in [0.15, 0.2) is 254 Å². The number of hydrogen-bond donors (Lipinski definition) is 0. The van der Waals surface area contributed by atoms with Crippen molar-refractivity contribution in [1.82, 2.24) is 14.1 Å². The summed E-state index contributed by atoms with van der Waals surface area (Å²) in [5.74, 6) is 1.20. The molecule has 398 valence electrons. The fourth-order valence-corrected chi connectivity index (χ4v) is 13.9. The van der Waals surface area contributed by atoms with Crippen molar-refractivity contribution in [1.29, 1.82) is 0 Å². The minimum absolute atomic E-state index is 0. The van der Waals surface area contributed by atoms with Crippen LogP contribution >= 0.6 is 0 Å². The van der Waals surface area contributed by atoms with Crippen LogP contribution < -0.4 is 30.1 Å². The van der Waals surface area contributed by atoms with E-state index in [4.69, 9.17) is 23.4 Å². The summed E-state index contributed by atoms with van der Waals surface area (Å²) in [6, 6.07) is 15.7. The van der Waals surface area contributed by atoms with Gasteiger partial charge in [-0.2, -0.15) is 18.2 Å². The summed E-state index contributed by atoms with van der Waals surface area (Å²) in [6.07, 6.45) is 5.21. The van der Waals surface area contributed by atoms with Crippen molar-refractivity contribution in [2.75, 3.05) is 0 Å². The van der Waals surface area contributed by atoms with Crippen LogP contribution in [0.1, 0.15) is 84.2 Å². The van der Waals surface area contributed by atoms with E-state index in [2.05, 4.69) is 45.3 Å². The van der Waals surface area contributed by atoms with Crippen molar-refractivity contribution in [2.45, 2.75) is 52.4 Å². The quantitative estimate of drug-likeness (QED) is 0.0560. The van der Waals surface area contributed by atoms with Gasteiger partial charge in [0.1, 0.15) is 5.82 Å². The van der Waals surface area contributed by atoms with E-state index in [0.29, 0.717) is 33.8 Å². The molecule has 5 nitrogen and oxygen atoms in total. The Hall–Kier alpha value is -8.67. The maximum atomic E-state index is 10.9. The molecule has 0 spiro atoms. The van der Waals surface area contributed by atoms with Gasteiger partial charge in [0.2, 0.25) is 0 Å². The Bertz CT molecular complexity index is 5590. The van der Waals surface area contributed by atoms with Gasteiger partial charge in [-0.15, -0.1) is 29.7 Å². The minimum atomic E-state index is -6.35. The first-order chi connectivity index (χ1) is 48.5. The molecule has 0 aliphatic carbocycles. The van der Waals surface area contributed by atoms with Gasteiger partial charge < -0.3 is 13.9 Å². The summed E-state index contributed by atoms with van der Waals surface area (Å²) in [4.78, 5) is 4.82. The van der Waals surface area contributed by atoms with Crippen molar-refractivity contribution in [2.24, 2.45) is 0 Å². The van der Waals surface area contributed by atoms with Gasteiger partial charge in [0.15, 0.2) is 8.07 Å². The molecule has 3 aromatic heterocycles. The Morgan fingerprint density at radius 3 is 1.85 bits per heavy atom. The predicted molar refractivity (Wildman–Crippen MR) is 332 cm³/mol. The van der Waals surface area contributed by atoms with Crippen molar-refractivity contribution < 1.29 is 61.9 Å². The number of rotatable bonds is 11. The fourth-order valence-electron chi connectivity index (χ4n) is 10.3. The number of pyridine rings is 1. The second kappa shape index (κ2) is 21.4. The molecule has 10 aromatic carbocycles. The standard InChI is InChI=1S/C74H60N4OSi.Pt/c1-73(2,3)53-45-46-75-71(48-53)78-67-40-19-17-36-63(67)64-44-43-56(50-70(64)78)79-55-27-23-26-54(49-55)76-51-77(69-42-21-20-41-68(69)76)72-61(37-24-38-65(72)62-35-16-18-39-66(62)74(4,5)6)52-25-22-34-60(47-52)80(57-28-10-7-11-29-57,58-30-12-8-13-31-58)59-32-14-9-15-33-59;/h7-48H,1-6H3;/q-2;/i7D,8D,9D,10D,11D,12D,13D,14D,15D,16D,18D,22D,25D,28D,29D,30D,31D,32D,33D,34D,35D,39D,47D;. The largest absolute Gasteiger partial charge is 0.510 e. The smallest absolute Gasteiger partial charge is 0.268 e. The first-order valence-electron chi connectivity index (χ1n) is 37.2. The normalized spacial score (nSPS) is 16.0. The summed E-state index contributed by atoms with van der Waals surface area (Å²) >= 11 is 0. The average Bonchev–Trinajstić information content (AvgIpc) is 0.896. The Morgan fingerprint density at radius 1 is 0.531 bits per heavy atom. The van der Waals surface area contributed by atoms with Gasteiger partial charge in [0.25, 0.3) is 6.33 Å². The first-order valence-corrected chi connectivity index (χ1v) is 27.7. The molecule has 0 bridgehead atoms. The molecule has 0 amide bonds. The minimum Gasteiger partial charge on any atom is -0.510 e. The van der Waals surface area contributed by atoms with E-state index in [1.165, 1.54) is 22.8 Å². The van der Waals surface area contributed by atoms with Crippen LogP contribution in [0, 0.1) is 18.5 Å². The van der Waals surface area contributed by atoms with E-state index < -0.39 is 179 Å². The van der Waals surface area contributed by atoms with E-state index in [-0.39, 0.29) is 60.2 Å². The van der Waals surface area contributed by atoms with Crippen LogP contribution in [0.3, 0.4) is 0 Å². The van der Waals surface area contributed by atoms with Crippen LogP contribution in [0.25, 0.3) is 72.3 Å². The number of aromatic nitrogens is 4. The zero-order valence-electron chi connectivity index (χ0n) is 67.5. The summed E-state index contributed by atoms with van der Waals surface area (Å²) in [5, 5.41) is -2.24. The van der Waals surface area contributed by atoms with E-state index >= 15 is 0 Å². The second-order valence-corrected chi connectivity index (χ2v) is 24.6. The molecule has 0 aliphatic rings. The summed E-state index contributed by atoms with van der Waals surface area (Å²) in [6.45, 7) is 11.6. The fraction of sp³-hybridized carbons (Fsp3) is 0.108. The van der Waals surface area contributed by atoms with Crippen LogP contribution in [0.5, 0.6) is 11.5 Å². The van der Waals surface area contributed by atoms with Crippen molar-refractivity contribution in [3.05, 3.63) is 284 Å². The summed E-state index contributed by atoms with van der Waals surface area (Å²) in [5.41, 5.74) is 1.36. The molecule has 13 aromatic rings. The molecule has 0 saturated carbocycles. The molecule has 0 atom stereocenters. The van der Waals surface area contributed by atoms with E-state index in [1.807, 2.05) is 41.0 Å². The summed E-state index contributed by atoms with van der Waals surface area (Å²) < 4.78 is 230. The topological polar surface area (TPSA) is 35.9 Å². The van der Waals surface area contributed by atoms with Gasteiger partial charge in [0, 0.05) is 44.3 Å². The monoisotopic (exact) mass is 1270 g/mol. The zero-order valence-corrected chi connectivity index (χ0v) is 47.8. The number of nitrogens with zero attached hydrogens (tertiary/aromatic N) is 4. The molecule has 3 heterocycles. The van der Waals surface area contributed by atoms with Gasteiger partial charge in [-0.1, -0.05) is 247 Å².